The molecule has 2 heteroatoms. The Morgan fingerprint density at radius 3 is 2.33 bits per heavy atom. The Hall–Kier alpha value is -0.530. The van der Waals surface area contributed by atoms with Crippen molar-refractivity contribution in [2.45, 2.75) is 52.1 Å². The largest absolute Gasteiger partial charge is 0.307 e. The smallest absolute Gasteiger partial charge is 0.0406 e. The topological polar surface area (TPSA) is 12.0 Å². The average molecular weight is 266 g/mol. The highest BCUT2D eigenvalue weighted by Crippen LogP contribution is 2.35. The van der Waals surface area contributed by atoms with Gasteiger partial charge >= 0.3 is 0 Å². The quantitative estimate of drug-likeness (QED) is 0.805. The number of hydrogen-bond donors (Lipinski definition) is 1. The third-order valence-corrected chi connectivity index (χ3v) is 4.49. The van der Waals surface area contributed by atoms with E-state index in [4.69, 9.17) is 11.6 Å². The molecule has 18 heavy (non-hydrogen) atoms. The summed E-state index contributed by atoms with van der Waals surface area (Å²) in [6, 6.07) is 9.43. The molecule has 1 aromatic rings. The number of nitrogens with one attached hydrogen (secondary N) is 1. The molecule has 1 fully saturated rings. The van der Waals surface area contributed by atoms with E-state index in [0.29, 0.717) is 12.1 Å². The molecule has 1 saturated carbocycles. The highest BCUT2D eigenvalue weighted by Gasteiger charge is 2.32. The molecule has 1 aliphatic rings. The molecule has 1 aromatic carbocycles. The van der Waals surface area contributed by atoms with E-state index in [-0.39, 0.29) is 0 Å². The maximum Gasteiger partial charge on any atom is 0.0406 e. The first-order valence-electron chi connectivity index (χ1n) is 7.11. The summed E-state index contributed by atoms with van der Waals surface area (Å²) in [6.45, 7) is 6.90. The lowest BCUT2D eigenvalue weighted by atomic mass is 9.73. The summed E-state index contributed by atoms with van der Waals surface area (Å²) >= 11 is 5.94. The average Bonchev–Trinajstić information content (AvgIpc) is 2.29. The van der Waals surface area contributed by atoms with Crippen LogP contribution in [0.5, 0.6) is 0 Å². The maximum atomic E-state index is 5.94. The standard InChI is InChI=1S/C16H24ClN/c1-4-16(12-5-7-14(17)8-6-12)18-15-9-13(10-15)11(2)3/h5-8,11,13,15-16,18H,4,9-10H2,1-3H3. The number of benzene rings is 1. The van der Waals surface area contributed by atoms with Crippen LogP contribution in [-0.4, -0.2) is 6.04 Å². The SMILES string of the molecule is CCC(NC1CC(C(C)C)C1)c1ccc(Cl)cc1. The van der Waals surface area contributed by atoms with Crippen LogP contribution in [0.25, 0.3) is 0 Å². The third kappa shape index (κ3) is 3.27. The molecule has 0 saturated heterocycles. The molecule has 1 N–H and O–H groups in total. The fourth-order valence-electron chi connectivity index (χ4n) is 2.77. The lowest BCUT2D eigenvalue weighted by Crippen LogP contribution is -2.44. The van der Waals surface area contributed by atoms with E-state index in [1.807, 2.05) is 12.1 Å². The van der Waals surface area contributed by atoms with Crippen LogP contribution in [0.15, 0.2) is 24.3 Å². The van der Waals surface area contributed by atoms with E-state index in [1.54, 1.807) is 0 Å². The Kier molecular flexibility index (Phi) is 4.69. The van der Waals surface area contributed by atoms with Gasteiger partial charge in [0, 0.05) is 17.1 Å². The van der Waals surface area contributed by atoms with Gasteiger partial charge in [0.05, 0.1) is 0 Å². The fourth-order valence-corrected chi connectivity index (χ4v) is 2.90. The predicted molar refractivity (Wildman–Crippen MR) is 79.0 cm³/mol. The van der Waals surface area contributed by atoms with Gasteiger partial charge in [0.1, 0.15) is 0 Å². The van der Waals surface area contributed by atoms with E-state index in [1.165, 1.54) is 18.4 Å². The second-order valence-electron chi connectivity index (χ2n) is 5.85. The summed E-state index contributed by atoms with van der Waals surface area (Å²) in [4.78, 5) is 0. The highest BCUT2D eigenvalue weighted by molar-refractivity contribution is 6.30. The summed E-state index contributed by atoms with van der Waals surface area (Å²) in [5.41, 5.74) is 1.36. The van der Waals surface area contributed by atoms with Crippen molar-refractivity contribution in [3.8, 4) is 0 Å². The zero-order chi connectivity index (χ0) is 13.1. The van der Waals surface area contributed by atoms with Crippen molar-refractivity contribution < 1.29 is 0 Å². The summed E-state index contributed by atoms with van der Waals surface area (Å²) in [5.74, 6) is 1.75. The molecule has 0 bridgehead atoms. The third-order valence-electron chi connectivity index (χ3n) is 4.23. The van der Waals surface area contributed by atoms with Gasteiger partial charge in [0.2, 0.25) is 0 Å². The Morgan fingerprint density at radius 2 is 1.83 bits per heavy atom. The van der Waals surface area contributed by atoms with Crippen LogP contribution in [0, 0.1) is 11.8 Å². The first-order chi connectivity index (χ1) is 8.60. The van der Waals surface area contributed by atoms with E-state index in [9.17, 15) is 0 Å². The van der Waals surface area contributed by atoms with E-state index >= 15 is 0 Å². The molecule has 0 amide bonds. The van der Waals surface area contributed by atoms with Crippen LogP contribution < -0.4 is 5.32 Å². The monoisotopic (exact) mass is 265 g/mol. The van der Waals surface area contributed by atoms with Crippen molar-refractivity contribution in [1.29, 1.82) is 0 Å². The summed E-state index contributed by atoms with van der Waals surface area (Å²) in [5, 5.41) is 4.60. The second kappa shape index (κ2) is 6.08. The maximum absolute atomic E-state index is 5.94. The minimum Gasteiger partial charge on any atom is -0.307 e. The molecule has 100 valence electrons. The van der Waals surface area contributed by atoms with Gasteiger partial charge in [0.25, 0.3) is 0 Å². The first-order valence-corrected chi connectivity index (χ1v) is 7.49. The van der Waals surface area contributed by atoms with Crippen LogP contribution in [0.3, 0.4) is 0 Å². The first kappa shape index (κ1) is 13.9. The molecule has 1 aliphatic carbocycles. The normalized spacial score (nSPS) is 24.9. The van der Waals surface area contributed by atoms with Gasteiger partial charge in [-0.15, -0.1) is 0 Å². The zero-order valence-corrected chi connectivity index (χ0v) is 12.4. The van der Waals surface area contributed by atoms with Crippen molar-refractivity contribution in [2.75, 3.05) is 0 Å². The molecule has 0 spiro atoms. The minimum atomic E-state index is 0.473. The van der Waals surface area contributed by atoms with E-state index in [2.05, 4.69) is 38.2 Å². The second-order valence-corrected chi connectivity index (χ2v) is 6.29. The fraction of sp³-hybridized carbons (Fsp3) is 0.625. The van der Waals surface area contributed by atoms with Gasteiger partial charge in [-0.3, -0.25) is 0 Å². The molecule has 0 aliphatic heterocycles. The van der Waals surface area contributed by atoms with Crippen molar-refractivity contribution in [3.05, 3.63) is 34.9 Å². The Balaban J connectivity index is 1.89. The molecular weight excluding hydrogens is 242 g/mol. The molecule has 0 radical (unpaired) electrons. The summed E-state index contributed by atoms with van der Waals surface area (Å²) < 4.78 is 0. The summed E-state index contributed by atoms with van der Waals surface area (Å²) in [6.07, 6.45) is 3.80. The minimum absolute atomic E-state index is 0.473. The van der Waals surface area contributed by atoms with Gasteiger partial charge in [-0.1, -0.05) is 44.5 Å². The molecular formula is C16H24ClN. The molecule has 1 nitrogen and oxygen atoms in total. The van der Waals surface area contributed by atoms with Gasteiger partial charge in [-0.05, 0) is 48.8 Å². The molecule has 1 atom stereocenters. The molecule has 0 heterocycles. The van der Waals surface area contributed by atoms with E-state index < -0.39 is 0 Å². The van der Waals surface area contributed by atoms with Crippen LogP contribution >= 0.6 is 11.6 Å². The van der Waals surface area contributed by atoms with Crippen LogP contribution in [0.4, 0.5) is 0 Å². The molecule has 1 unspecified atom stereocenters. The lowest BCUT2D eigenvalue weighted by molar-refractivity contribution is 0.156. The zero-order valence-electron chi connectivity index (χ0n) is 11.6. The van der Waals surface area contributed by atoms with Crippen LogP contribution in [0.2, 0.25) is 5.02 Å². The van der Waals surface area contributed by atoms with Crippen molar-refractivity contribution >= 4 is 11.6 Å². The predicted octanol–water partition coefficient (Wildman–Crippen LogP) is 4.82. The van der Waals surface area contributed by atoms with Crippen molar-refractivity contribution in [2.24, 2.45) is 11.8 Å². The molecule has 0 aromatic heterocycles. The number of halogens is 1. The van der Waals surface area contributed by atoms with Crippen molar-refractivity contribution in [3.63, 3.8) is 0 Å². The summed E-state index contributed by atoms with van der Waals surface area (Å²) in [7, 11) is 0. The van der Waals surface area contributed by atoms with Gasteiger partial charge in [0.15, 0.2) is 0 Å². The van der Waals surface area contributed by atoms with Crippen molar-refractivity contribution in [1.82, 2.24) is 5.32 Å². The Morgan fingerprint density at radius 1 is 1.22 bits per heavy atom. The van der Waals surface area contributed by atoms with Gasteiger partial charge in [-0.25, -0.2) is 0 Å². The van der Waals surface area contributed by atoms with Crippen LogP contribution in [0.1, 0.15) is 51.6 Å². The van der Waals surface area contributed by atoms with E-state index in [0.717, 1.165) is 23.3 Å². The van der Waals surface area contributed by atoms with Gasteiger partial charge < -0.3 is 5.32 Å². The van der Waals surface area contributed by atoms with Gasteiger partial charge in [-0.2, -0.15) is 0 Å². The Bertz CT molecular complexity index is 365. The lowest BCUT2D eigenvalue weighted by Gasteiger charge is -2.40. The number of hydrogen-bond acceptors (Lipinski definition) is 1. The number of rotatable bonds is 5. The Labute approximate surface area is 116 Å². The van der Waals surface area contributed by atoms with Crippen LogP contribution in [-0.2, 0) is 0 Å². The molecule has 2 rings (SSSR count). The highest BCUT2D eigenvalue weighted by atomic mass is 35.5.